The highest BCUT2D eigenvalue weighted by Crippen LogP contribution is 2.28. The van der Waals surface area contributed by atoms with Crippen molar-refractivity contribution in [3.05, 3.63) is 87.4 Å². The number of amides is 1. The molecule has 0 aliphatic heterocycles. The SMILES string of the molecule is O=C(Nc1nc2cc(Cl)ccc2o1)c1ccccc1Oc1ccc([N+](=O)[O-])cc1. The van der Waals surface area contributed by atoms with E-state index in [1.165, 1.54) is 24.3 Å². The van der Waals surface area contributed by atoms with Crippen molar-refractivity contribution in [2.24, 2.45) is 0 Å². The quantitative estimate of drug-likeness (QED) is 0.347. The molecule has 1 amide bonds. The summed E-state index contributed by atoms with van der Waals surface area (Å²) in [5.41, 5.74) is 1.19. The topological polar surface area (TPSA) is 108 Å². The monoisotopic (exact) mass is 409 g/mol. The number of para-hydroxylation sites is 1. The first kappa shape index (κ1) is 18.5. The predicted octanol–water partition coefficient (Wildman–Crippen LogP) is 5.43. The maximum atomic E-state index is 12.7. The maximum Gasteiger partial charge on any atom is 0.302 e. The van der Waals surface area contributed by atoms with Gasteiger partial charge in [0.15, 0.2) is 5.58 Å². The highest BCUT2D eigenvalue weighted by Gasteiger charge is 2.16. The van der Waals surface area contributed by atoms with Gasteiger partial charge in [0.1, 0.15) is 17.0 Å². The Balaban J connectivity index is 1.56. The molecule has 0 fully saturated rings. The Morgan fingerprint density at radius 1 is 1.10 bits per heavy atom. The molecule has 0 radical (unpaired) electrons. The van der Waals surface area contributed by atoms with E-state index in [4.69, 9.17) is 20.8 Å². The van der Waals surface area contributed by atoms with Crippen LogP contribution in [0.15, 0.2) is 71.1 Å². The summed E-state index contributed by atoms with van der Waals surface area (Å²) in [5.74, 6) is 0.144. The first-order valence-electron chi connectivity index (χ1n) is 8.38. The Morgan fingerprint density at radius 2 is 1.86 bits per heavy atom. The van der Waals surface area contributed by atoms with Gasteiger partial charge in [-0.05, 0) is 42.5 Å². The van der Waals surface area contributed by atoms with Gasteiger partial charge in [-0.2, -0.15) is 4.98 Å². The third kappa shape index (κ3) is 4.02. The average molecular weight is 410 g/mol. The molecule has 0 unspecified atom stereocenters. The number of oxazole rings is 1. The minimum absolute atomic E-state index is 0.0254. The van der Waals surface area contributed by atoms with Gasteiger partial charge < -0.3 is 9.15 Å². The fourth-order valence-electron chi connectivity index (χ4n) is 2.62. The average Bonchev–Trinajstić information content (AvgIpc) is 3.10. The number of benzene rings is 3. The zero-order chi connectivity index (χ0) is 20.4. The van der Waals surface area contributed by atoms with E-state index in [0.717, 1.165) is 0 Å². The number of anilines is 1. The second-order valence-corrected chi connectivity index (χ2v) is 6.37. The number of nitro benzene ring substituents is 1. The summed E-state index contributed by atoms with van der Waals surface area (Å²) in [4.78, 5) is 27.2. The van der Waals surface area contributed by atoms with Crippen LogP contribution in [-0.4, -0.2) is 15.8 Å². The van der Waals surface area contributed by atoms with Crippen molar-refractivity contribution in [2.75, 3.05) is 5.32 Å². The number of rotatable bonds is 5. The summed E-state index contributed by atoms with van der Waals surface area (Å²) in [7, 11) is 0. The number of nitrogens with one attached hydrogen (secondary N) is 1. The van der Waals surface area contributed by atoms with Gasteiger partial charge >= 0.3 is 6.01 Å². The van der Waals surface area contributed by atoms with Crippen molar-refractivity contribution in [1.82, 2.24) is 4.98 Å². The number of nitrogens with zero attached hydrogens (tertiary/aromatic N) is 2. The lowest BCUT2D eigenvalue weighted by atomic mass is 10.2. The zero-order valence-electron chi connectivity index (χ0n) is 14.7. The Kier molecular flexibility index (Phi) is 4.84. The van der Waals surface area contributed by atoms with Crippen molar-refractivity contribution in [1.29, 1.82) is 0 Å². The number of carbonyl (C=O) groups is 1. The third-order valence-electron chi connectivity index (χ3n) is 3.98. The van der Waals surface area contributed by atoms with Gasteiger partial charge in [-0.3, -0.25) is 20.2 Å². The van der Waals surface area contributed by atoms with Crippen LogP contribution in [0.25, 0.3) is 11.1 Å². The van der Waals surface area contributed by atoms with Crippen LogP contribution in [0.4, 0.5) is 11.7 Å². The van der Waals surface area contributed by atoms with Gasteiger partial charge in [-0.1, -0.05) is 23.7 Å². The van der Waals surface area contributed by atoms with Crippen LogP contribution in [0.2, 0.25) is 5.02 Å². The molecule has 9 heteroatoms. The molecule has 3 aromatic carbocycles. The van der Waals surface area contributed by atoms with Gasteiger partial charge in [-0.25, -0.2) is 0 Å². The van der Waals surface area contributed by atoms with Crippen LogP contribution < -0.4 is 10.1 Å². The van der Waals surface area contributed by atoms with Gasteiger partial charge in [-0.15, -0.1) is 0 Å². The van der Waals surface area contributed by atoms with Crippen molar-refractivity contribution < 1.29 is 18.9 Å². The molecular formula is C20H12ClN3O5. The van der Waals surface area contributed by atoms with Gasteiger partial charge in [0.25, 0.3) is 11.6 Å². The van der Waals surface area contributed by atoms with Crippen LogP contribution in [0, 0.1) is 10.1 Å². The van der Waals surface area contributed by atoms with Crippen LogP contribution in [0.3, 0.4) is 0 Å². The van der Waals surface area contributed by atoms with Crippen molar-refractivity contribution in [3.8, 4) is 11.5 Å². The molecule has 29 heavy (non-hydrogen) atoms. The Hall–Kier alpha value is -3.91. The van der Waals surface area contributed by atoms with E-state index in [-0.39, 0.29) is 23.0 Å². The van der Waals surface area contributed by atoms with Crippen LogP contribution >= 0.6 is 11.6 Å². The highest BCUT2D eigenvalue weighted by atomic mass is 35.5. The molecule has 0 saturated heterocycles. The molecule has 0 aliphatic rings. The standard InChI is InChI=1S/C20H12ClN3O5/c21-12-5-10-18-16(11-12)22-20(29-18)23-19(25)15-3-1-2-4-17(15)28-14-8-6-13(7-9-14)24(26)27/h1-11H,(H,22,23,25). The molecule has 0 aliphatic carbocycles. The first-order valence-corrected chi connectivity index (χ1v) is 8.76. The summed E-state index contributed by atoms with van der Waals surface area (Å²) in [6.07, 6.45) is 0. The van der Waals surface area contributed by atoms with Crippen LogP contribution in [-0.2, 0) is 0 Å². The second kappa shape index (κ2) is 7.61. The van der Waals surface area contributed by atoms with E-state index in [9.17, 15) is 14.9 Å². The van der Waals surface area contributed by atoms with Crippen LogP contribution in [0.1, 0.15) is 10.4 Å². The van der Waals surface area contributed by atoms with Gasteiger partial charge in [0.05, 0.1) is 10.5 Å². The lowest BCUT2D eigenvalue weighted by molar-refractivity contribution is -0.384. The largest absolute Gasteiger partial charge is 0.457 e. The molecule has 4 aromatic rings. The number of hydrogen-bond donors (Lipinski definition) is 1. The second-order valence-electron chi connectivity index (χ2n) is 5.93. The molecule has 144 valence electrons. The normalized spacial score (nSPS) is 10.7. The number of nitro groups is 1. The molecule has 0 spiro atoms. The first-order chi connectivity index (χ1) is 14.0. The van der Waals surface area contributed by atoms with E-state index in [1.54, 1.807) is 42.5 Å². The summed E-state index contributed by atoms with van der Waals surface area (Å²) in [6, 6.07) is 17.1. The van der Waals surface area contributed by atoms with E-state index < -0.39 is 10.8 Å². The number of non-ortho nitro benzene ring substituents is 1. The highest BCUT2D eigenvalue weighted by molar-refractivity contribution is 6.31. The molecule has 4 rings (SSSR count). The van der Waals surface area contributed by atoms with Crippen molar-refractivity contribution in [2.45, 2.75) is 0 Å². The fourth-order valence-corrected chi connectivity index (χ4v) is 2.79. The molecule has 8 nitrogen and oxygen atoms in total. The third-order valence-corrected chi connectivity index (χ3v) is 4.21. The Labute approximate surface area is 168 Å². The number of halogens is 1. The number of fused-ring (bicyclic) bond motifs is 1. The summed E-state index contributed by atoms with van der Waals surface area (Å²) < 4.78 is 11.2. The number of carbonyl (C=O) groups excluding carboxylic acids is 1. The molecule has 1 aromatic heterocycles. The lowest BCUT2D eigenvalue weighted by Crippen LogP contribution is -2.13. The van der Waals surface area contributed by atoms with Crippen molar-refractivity contribution >= 4 is 40.3 Å². The van der Waals surface area contributed by atoms with Crippen molar-refractivity contribution in [3.63, 3.8) is 0 Å². The summed E-state index contributed by atoms with van der Waals surface area (Å²) in [6.45, 7) is 0. The van der Waals surface area contributed by atoms with E-state index in [2.05, 4.69) is 10.3 Å². The van der Waals surface area contributed by atoms with Gasteiger partial charge in [0.2, 0.25) is 0 Å². The molecule has 1 N–H and O–H groups in total. The summed E-state index contributed by atoms with van der Waals surface area (Å²) in [5, 5.41) is 13.9. The molecule has 0 atom stereocenters. The Morgan fingerprint density at radius 3 is 2.62 bits per heavy atom. The minimum Gasteiger partial charge on any atom is -0.457 e. The maximum absolute atomic E-state index is 12.7. The predicted molar refractivity (Wildman–Crippen MR) is 107 cm³/mol. The Bertz CT molecular complexity index is 1220. The molecule has 0 saturated carbocycles. The van der Waals surface area contributed by atoms with E-state index >= 15 is 0 Å². The minimum atomic E-state index is -0.501. The molecular weight excluding hydrogens is 398 g/mol. The molecule has 1 heterocycles. The summed E-state index contributed by atoms with van der Waals surface area (Å²) >= 11 is 5.93. The van der Waals surface area contributed by atoms with E-state index in [0.29, 0.717) is 21.9 Å². The lowest BCUT2D eigenvalue weighted by Gasteiger charge is -2.10. The fraction of sp³-hybridized carbons (Fsp3) is 0. The van der Waals surface area contributed by atoms with E-state index in [1.807, 2.05) is 0 Å². The van der Waals surface area contributed by atoms with Gasteiger partial charge in [0, 0.05) is 17.2 Å². The number of hydrogen-bond acceptors (Lipinski definition) is 6. The zero-order valence-corrected chi connectivity index (χ0v) is 15.4. The smallest absolute Gasteiger partial charge is 0.302 e. The van der Waals surface area contributed by atoms with Crippen LogP contribution in [0.5, 0.6) is 11.5 Å². The number of aromatic nitrogens is 1. The molecule has 0 bridgehead atoms. The number of ether oxygens (including phenoxy) is 1.